The van der Waals surface area contributed by atoms with E-state index in [1.54, 1.807) is 26.2 Å². The molecule has 0 saturated carbocycles. The molecule has 0 aliphatic rings. The van der Waals surface area contributed by atoms with Crippen molar-refractivity contribution in [1.29, 1.82) is 0 Å². The van der Waals surface area contributed by atoms with Gasteiger partial charge in [-0.25, -0.2) is 4.79 Å². The van der Waals surface area contributed by atoms with Crippen LogP contribution in [0.1, 0.15) is 5.69 Å². The van der Waals surface area contributed by atoms with Crippen LogP contribution in [-0.4, -0.2) is 14.1 Å². The molecule has 0 fully saturated rings. The van der Waals surface area contributed by atoms with E-state index in [4.69, 9.17) is 0 Å². The fourth-order valence-electron chi connectivity index (χ4n) is 1.76. The summed E-state index contributed by atoms with van der Waals surface area (Å²) < 4.78 is 3.37. The molecular formula is C12H12BrN3O2. The Morgan fingerprint density at radius 3 is 2.39 bits per heavy atom. The molecule has 0 bridgehead atoms. The average Bonchev–Trinajstić information content (AvgIpc) is 2.36. The van der Waals surface area contributed by atoms with Crippen LogP contribution in [0.3, 0.4) is 0 Å². The zero-order valence-corrected chi connectivity index (χ0v) is 11.9. The molecule has 2 aromatic rings. The summed E-state index contributed by atoms with van der Waals surface area (Å²) in [6.07, 6.45) is 1.62. The van der Waals surface area contributed by atoms with Gasteiger partial charge >= 0.3 is 5.69 Å². The highest BCUT2D eigenvalue weighted by molar-refractivity contribution is 9.10. The Kier molecular flexibility index (Phi) is 3.21. The van der Waals surface area contributed by atoms with E-state index >= 15 is 0 Å². The molecule has 0 aliphatic carbocycles. The number of rotatable bonds is 1. The molecular weight excluding hydrogens is 298 g/mol. The van der Waals surface area contributed by atoms with Gasteiger partial charge in [0, 0.05) is 30.5 Å². The second-order valence-corrected chi connectivity index (χ2v) is 4.94. The van der Waals surface area contributed by atoms with Crippen LogP contribution >= 0.6 is 15.9 Å². The van der Waals surface area contributed by atoms with Gasteiger partial charge in [0.2, 0.25) is 0 Å². The van der Waals surface area contributed by atoms with E-state index < -0.39 is 0 Å². The quantitative estimate of drug-likeness (QED) is 0.796. The molecule has 94 valence electrons. The van der Waals surface area contributed by atoms with Gasteiger partial charge in [-0.05, 0) is 35.0 Å². The Morgan fingerprint density at radius 2 is 1.83 bits per heavy atom. The monoisotopic (exact) mass is 309 g/mol. The molecule has 0 spiro atoms. The van der Waals surface area contributed by atoms with Crippen molar-refractivity contribution in [1.82, 2.24) is 14.1 Å². The topological polar surface area (TPSA) is 56.9 Å². The number of nitrogens with zero attached hydrogens (tertiary/aromatic N) is 3. The fraction of sp³-hybridized carbons (Fsp3) is 0.250. The van der Waals surface area contributed by atoms with Crippen LogP contribution in [0, 0.1) is 6.92 Å². The lowest BCUT2D eigenvalue weighted by Crippen LogP contribution is -2.39. The maximum atomic E-state index is 12.1. The molecule has 2 heterocycles. The number of hydrogen-bond acceptors (Lipinski definition) is 3. The molecule has 0 atom stereocenters. The van der Waals surface area contributed by atoms with Gasteiger partial charge in [0.05, 0.1) is 11.3 Å². The Bertz CT molecular complexity index is 714. The van der Waals surface area contributed by atoms with E-state index in [1.807, 2.05) is 6.07 Å². The SMILES string of the molecule is Cc1c(-c2ccc(Br)cn2)c(=O)n(C)c(=O)n1C. The maximum Gasteiger partial charge on any atom is 0.330 e. The minimum Gasteiger partial charge on any atom is -0.300 e. The lowest BCUT2D eigenvalue weighted by molar-refractivity contribution is 0.670. The smallest absolute Gasteiger partial charge is 0.300 e. The van der Waals surface area contributed by atoms with Crippen LogP contribution in [0.5, 0.6) is 0 Å². The molecule has 2 aromatic heterocycles. The summed E-state index contributed by atoms with van der Waals surface area (Å²) in [6, 6.07) is 3.56. The van der Waals surface area contributed by atoms with Gasteiger partial charge < -0.3 is 4.57 Å². The van der Waals surface area contributed by atoms with E-state index in [0.717, 1.165) is 9.04 Å². The highest BCUT2D eigenvalue weighted by atomic mass is 79.9. The number of halogens is 1. The third kappa shape index (κ3) is 1.92. The van der Waals surface area contributed by atoms with Crippen LogP contribution in [0.2, 0.25) is 0 Å². The molecule has 0 radical (unpaired) electrons. The first-order chi connectivity index (χ1) is 8.43. The zero-order chi connectivity index (χ0) is 13.4. The van der Waals surface area contributed by atoms with Crippen LogP contribution in [0.15, 0.2) is 32.4 Å². The van der Waals surface area contributed by atoms with Crippen molar-refractivity contribution in [3.8, 4) is 11.3 Å². The first kappa shape index (κ1) is 12.8. The van der Waals surface area contributed by atoms with Crippen molar-refractivity contribution in [3.63, 3.8) is 0 Å². The van der Waals surface area contributed by atoms with Crippen molar-refractivity contribution in [2.75, 3.05) is 0 Å². The van der Waals surface area contributed by atoms with E-state index in [2.05, 4.69) is 20.9 Å². The Morgan fingerprint density at radius 1 is 1.17 bits per heavy atom. The number of pyridine rings is 1. The summed E-state index contributed by atoms with van der Waals surface area (Å²) in [5, 5.41) is 0. The molecule has 0 N–H and O–H groups in total. The van der Waals surface area contributed by atoms with Crippen molar-refractivity contribution < 1.29 is 0 Å². The molecule has 0 aliphatic heterocycles. The van der Waals surface area contributed by atoms with E-state index in [-0.39, 0.29) is 11.2 Å². The van der Waals surface area contributed by atoms with Crippen LogP contribution in [-0.2, 0) is 14.1 Å². The predicted octanol–water partition coefficient (Wildman–Crippen LogP) is 1.22. The van der Waals surface area contributed by atoms with Gasteiger partial charge in [0.1, 0.15) is 0 Å². The highest BCUT2D eigenvalue weighted by Crippen LogP contribution is 2.17. The molecule has 6 heteroatoms. The summed E-state index contributed by atoms with van der Waals surface area (Å²) in [4.78, 5) is 28.1. The molecule has 2 rings (SSSR count). The second-order valence-electron chi connectivity index (χ2n) is 4.03. The van der Waals surface area contributed by atoms with Crippen LogP contribution in [0.4, 0.5) is 0 Å². The van der Waals surface area contributed by atoms with Gasteiger partial charge in [0.25, 0.3) is 5.56 Å². The van der Waals surface area contributed by atoms with Crippen LogP contribution in [0.25, 0.3) is 11.3 Å². The maximum absolute atomic E-state index is 12.1. The van der Waals surface area contributed by atoms with Crippen molar-refractivity contribution in [2.24, 2.45) is 14.1 Å². The third-order valence-electron chi connectivity index (χ3n) is 2.94. The molecule has 0 aromatic carbocycles. The summed E-state index contributed by atoms with van der Waals surface area (Å²) >= 11 is 3.29. The minimum atomic E-state index is -0.335. The van der Waals surface area contributed by atoms with Gasteiger partial charge in [-0.2, -0.15) is 0 Å². The van der Waals surface area contributed by atoms with Gasteiger partial charge in [-0.15, -0.1) is 0 Å². The fourth-order valence-corrected chi connectivity index (χ4v) is 2.00. The average molecular weight is 310 g/mol. The lowest BCUT2D eigenvalue weighted by Gasteiger charge is -2.11. The normalized spacial score (nSPS) is 10.7. The minimum absolute atomic E-state index is 0.328. The predicted molar refractivity (Wildman–Crippen MR) is 72.6 cm³/mol. The Hall–Kier alpha value is -1.69. The summed E-state index contributed by atoms with van der Waals surface area (Å²) in [6.45, 7) is 1.74. The molecule has 0 unspecified atom stereocenters. The first-order valence-corrected chi connectivity index (χ1v) is 6.11. The van der Waals surface area contributed by atoms with Crippen molar-refractivity contribution in [2.45, 2.75) is 6.92 Å². The first-order valence-electron chi connectivity index (χ1n) is 5.32. The highest BCUT2D eigenvalue weighted by Gasteiger charge is 2.14. The molecule has 0 saturated heterocycles. The van der Waals surface area contributed by atoms with E-state index in [0.29, 0.717) is 17.0 Å². The molecule has 18 heavy (non-hydrogen) atoms. The second kappa shape index (κ2) is 4.53. The van der Waals surface area contributed by atoms with E-state index in [1.165, 1.54) is 11.6 Å². The van der Waals surface area contributed by atoms with Gasteiger partial charge in [-0.3, -0.25) is 14.3 Å². The largest absolute Gasteiger partial charge is 0.330 e. The molecule has 0 amide bonds. The van der Waals surface area contributed by atoms with Crippen molar-refractivity contribution >= 4 is 15.9 Å². The van der Waals surface area contributed by atoms with Crippen LogP contribution < -0.4 is 11.2 Å². The summed E-state index contributed by atoms with van der Waals surface area (Å²) in [5.41, 5.74) is 0.959. The van der Waals surface area contributed by atoms with Crippen molar-refractivity contribution in [3.05, 3.63) is 49.3 Å². The van der Waals surface area contributed by atoms with E-state index in [9.17, 15) is 9.59 Å². The Labute approximate surface area is 112 Å². The van der Waals surface area contributed by atoms with Gasteiger partial charge in [0.15, 0.2) is 0 Å². The zero-order valence-electron chi connectivity index (χ0n) is 10.3. The third-order valence-corrected chi connectivity index (χ3v) is 3.41. The molecule has 5 nitrogen and oxygen atoms in total. The van der Waals surface area contributed by atoms with Gasteiger partial charge in [-0.1, -0.05) is 0 Å². The Balaban J connectivity index is 2.84. The number of hydrogen-bond donors (Lipinski definition) is 0. The standard InChI is InChI=1S/C12H12BrN3O2/c1-7-10(9-5-4-8(13)6-14-9)11(17)16(3)12(18)15(7)2/h4-6H,1-3H3. The summed E-state index contributed by atoms with van der Waals surface area (Å²) in [5.74, 6) is 0. The number of aromatic nitrogens is 3. The lowest BCUT2D eigenvalue weighted by atomic mass is 10.1. The summed E-state index contributed by atoms with van der Waals surface area (Å²) in [7, 11) is 3.10.